The molecule has 37 heavy (non-hydrogen) atoms. The topological polar surface area (TPSA) is 104 Å². The van der Waals surface area contributed by atoms with Gasteiger partial charge >= 0.3 is 0 Å². The molecular formula is C29H37N7O. The number of nitrogens with two attached hydrogens (primary N) is 1. The zero-order valence-electron chi connectivity index (χ0n) is 22.3. The second kappa shape index (κ2) is 9.74. The fourth-order valence-electron chi connectivity index (χ4n) is 5.98. The Morgan fingerprint density at radius 2 is 1.68 bits per heavy atom. The number of aromatic nitrogens is 4. The third-order valence-corrected chi connectivity index (χ3v) is 8.37. The molecule has 194 valence electrons. The van der Waals surface area contributed by atoms with Crippen molar-refractivity contribution >= 4 is 11.6 Å². The van der Waals surface area contributed by atoms with Crippen LogP contribution in [0.15, 0.2) is 43.0 Å². The lowest BCUT2D eigenvalue weighted by Gasteiger charge is -2.40. The lowest BCUT2D eigenvalue weighted by atomic mass is 9.64. The molecule has 0 aliphatic heterocycles. The minimum absolute atomic E-state index is 0.00264. The summed E-state index contributed by atoms with van der Waals surface area (Å²) in [6.07, 6.45) is 5.86. The van der Waals surface area contributed by atoms with E-state index in [1.54, 1.807) is 19.0 Å². The Bertz CT molecular complexity index is 1240. The Morgan fingerprint density at radius 3 is 2.19 bits per heavy atom. The number of H-pyrrole nitrogens is 1. The van der Waals surface area contributed by atoms with Gasteiger partial charge in [0.15, 0.2) is 5.82 Å². The van der Waals surface area contributed by atoms with Gasteiger partial charge in [-0.05, 0) is 94.5 Å². The van der Waals surface area contributed by atoms with E-state index in [-0.39, 0.29) is 11.9 Å². The number of aromatic amines is 1. The number of carbonyl (C=O) groups excluding carboxylic acids is 1. The lowest BCUT2D eigenvalue weighted by molar-refractivity contribution is 0.0827. The second-order valence-corrected chi connectivity index (χ2v) is 11.0. The molecule has 2 aliphatic carbocycles. The number of fused-ring (bicyclic) bond motifs is 2. The first-order valence-corrected chi connectivity index (χ1v) is 13.1. The Hall–Kier alpha value is -3.52. The largest absolute Gasteiger partial charge is 0.378 e. The molecule has 5 rings (SSSR count). The monoisotopic (exact) mass is 499 g/mol. The van der Waals surface area contributed by atoms with Crippen LogP contribution in [0, 0.1) is 5.92 Å². The van der Waals surface area contributed by atoms with Gasteiger partial charge in [-0.1, -0.05) is 31.2 Å². The highest BCUT2D eigenvalue weighted by atomic mass is 16.2. The zero-order chi connectivity index (χ0) is 26.3. The number of rotatable bonds is 7. The summed E-state index contributed by atoms with van der Waals surface area (Å²) in [6, 6.07) is 12.7. The van der Waals surface area contributed by atoms with Gasteiger partial charge in [-0.25, -0.2) is 5.10 Å². The minimum atomic E-state index is -0.655. The van der Waals surface area contributed by atoms with E-state index in [1.165, 1.54) is 17.5 Å². The summed E-state index contributed by atoms with van der Waals surface area (Å²) in [5.74, 6) is 1.18. The van der Waals surface area contributed by atoms with Crippen LogP contribution in [0.4, 0.5) is 0 Å². The molecule has 0 bridgehead atoms. The summed E-state index contributed by atoms with van der Waals surface area (Å²) in [5, 5.41) is 15.6. The number of hydrogen-bond donors (Lipinski definition) is 2. The molecule has 3 aromatic rings. The van der Waals surface area contributed by atoms with E-state index >= 15 is 0 Å². The van der Waals surface area contributed by atoms with Gasteiger partial charge in [0.05, 0.1) is 5.41 Å². The molecule has 2 aromatic carbocycles. The summed E-state index contributed by atoms with van der Waals surface area (Å²) >= 11 is 0. The summed E-state index contributed by atoms with van der Waals surface area (Å²) in [5.41, 5.74) is 13.7. The Morgan fingerprint density at radius 1 is 1.05 bits per heavy atom. The van der Waals surface area contributed by atoms with Crippen LogP contribution >= 0.6 is 0 Å². The third kappa shape index (κ3) is 4.33. The predicted octanol–water partition coefficient (Wildman–Crippen LogP) is 3.38. The van der Waals surface area contributed by atoms with E-state index in [0.29, 0.717) is 23.7 Å². The van der Waals surface area contributed by atoms with Crippen LogP contribution in [0.5, 0.6) is 0 Å². The minimum Gasteiger partial charge on any atom is -0.378 e. The molecule has 1 amide bonds. The molecular weight excluding hydrogens is 462 g/mol. The molecule has 3 N–H and O–H groups in total. The van der Waals surface area contributed by atoms with Crippen molar-refractivity contribution in [2.45, 2.75) is 50.0 Å². The van der Waals surface area contributed by atoms with Gasteiger partial charge in [-0.15, -0.1) is 5.10 Å². The molecule has 1 fully saturated rings. The van der Waals surface area contributed by atoms with Gasteiger partial charge in [0.1, 0.15) is 0 Å². The van der Waals surface area contributed by atoms with E-state index in [4.69, 9.17) is 5.73 Å². The van der Waals surface area contributed by atoms with Crippen molar-refractivity contribution in [3.05, 3.63) is 82.2 Å². The normalized spacial score (nSPS) is 19.7. The van der Waals surface area contributed by atoms with E-state index in [0.717, 1.165) is 48.1 Å². The number of aryl methyl sites for hydroxylation is 2. The average Bonchev–Trinajstić information content (AvgIpc) is 3.35. The van der Waals surface area contributed by atoms with E-state index < -0.39 is 5.41 Å². The van der Waals surface area contributed by atoms with Crippen LogP contribution in [-0.2, 0) is 18.3 Å². The average molecular weight is 500 g/mol. The van der Waals surface area contributed by atoms with Gasteiger partial charge in [0.25, 0.3) is 5.91 Å². The molecule has 0 spiro atoms. The fourth-order valence-corrected chi connectivity index (χ4v) is 5.98. The molecule has 2 aliphatic rings. The van der Waals surface area contributed by atoms with Crippen molar-refractivity contribution in [2.24, 2.45) is 11.7 Å². The van der Waals surface area contributed by atoms with Gasteiger partial charge < -0.3 is 15.5 Å². The van der Waals surface area contributed by atoms with Crippen molar-refractivity contribution in [3.63, 3.8) is 0 Å². The van der Waals surface area contributed by atoms with E-state index in [1.807, 2.05) is 25.1 Å². The van der Waals surface area contributed by atoms with Crippen LogP contribution in [-0.4, -0.2) is 70.6 Å². The lowest BCUT2D eigenvalue weighted by Crippen LogP contribution is -2.44. The number of nitrogens with one attached hydrogen (secondary N) is 1. The maximum Gasteiger partial charge on any atom is 0.253 e. The van der Waals surface area contributed by atoms with Crippen LogP contribution in [0.1, 0.15) is 69.7 Å². The van der Waals surface area contributed by atoms with Crippen LogP contribution in [0.2, 0.25) is 0 Å². The first-order chi connectivity index (χ1) is 17.7. The number of hydrogen-bond acceptors (Lipinski definition) is 6. The summed E-state index contributed by atoms with van der Waals surface area (Å²) in [7, 11) is 7.58. The highest BCUT2D eigenvalue weighted by Gasteiger charge is 2.46. The molecule has 0 radical (unpaired) electrons. The number of nitrogens with zero attached hydrogens (tertiary/aromatic N) is 5. The maximum atomic E-state index is 12.9. The number of amides is 1. The molecule has 1 aromatic heterocycles. The first kappa shape index (κ1) is 25.1. The Kier molecular flexibility index (Phi) is 6.62. The van der Waals surface area contributed by atoms with E-state index in [9.17, 15) is 4.79 Å². The molecule has 8 nitrogen and oxygen atoms in total. The molecule has 0 saturated heterocycles. The number of carbonyl (C=O) groups is 1. The predicted molar refractivity (Wildman–Crippen MR) is 145 cm³/mol. The summed E-state index contributed by atoms with van der Waals surface area (Å²) in [6.45, 7) is 4.29. The molecule has 8 heteroatoms. The fraction of sp³-hybridized carbons (Fsp3) is 0.448. The van der Waals surface area contributed by atoms with Crippen LogP contribution < -0.4 is 5.73 Å². The van der Waals surface area contributed by atoms with E-state index in [2.05, 4.69) is 57.5 Å². The van der Waals surface area contributed by atoms with Crippen molar-refractivity contribution in [1.29, 1.82) is 0 Å². The zero-order valence-corrected chi connectivity index (χ0v) is 22.3. The van der Waals surface area contributed by atoms with Gasteiger partial charge in [-0.2, -0.15) is 0 Å². The molecule has 1 heterocycles. The molecule has 2 atom stereocenters. The first-order valence-electron chi connectivity index (χ1n) is 13.1. The molecule has 1 unspecified atom stereocenters. The Labute approximate surface area is 218 Å². The third-order valence-electron chi connectivity index (χ3n) is 8.37. The highest BCUT2D eigenvalue weighted by Crippen LogP contribution is 2.48. The van der Waals surface area contributed by atoms with Crippen molar-refractivity contribution in [2.75, 3.05) is 28.2 Å². The SMILES string of the molecule is C=C(c1ccc2c(c1)CCc1cc(C(=O)N(C)C)ccc1C2(C[C@@H](N)C1CCC1)c1nnn[nH]1)N(C)C. The number of benzene rings is 2. The van der Waals surface area contributed by atoms with Crippen molar-refractivity contribution in [1.82, 2.24) is 30.4 Å². The quantitative estimate of drug-likeness (QED) is 0.517. The van der Waals surface area contributed by atoms with Crippen molar-refractivity contribution < 1.29 is 4.79 Å². The van der Waals surface area contributed by atoms with Gasteiger partial charge in [0, 0.05) is 45.5 Å². The summed E-state index contributed by atoms with van der Waals surface area (Å²) < 4.78 is 0. The highest BCUT2D eigenvalue weighted by molar-refractivity contribution is 5.94. The second-order valence-electron chi connectivity index (χ2n) is 11.0. The van der Waals surface area contributed by atoms with Gasteiger partial charge in [0.2, 0.25) is 0 Å². The van der Waals surface area contributed by atoms with Crippen LogP contribution in [0.25, 0.3) is 5.70 Å². The van der Waals surface area contributed by atoms with Gasteiger partial charge in [-0.3, -0.25) is 4.79 Å². The number of tetrazole rings is 1. The van der Waals surface area contributed by atoms with Crippen LogP contribution in [0.3, 0.4) is 0 Å². The summed E-state index contributed by atoms with van der Waals surface area (Å²) in [4.78, 5) is 16.5. The van der Waals surface area contributed by atoms with Crippen molar-refractivity contribution in [3.8, 4) is 0 Å². The standard InChI is InChI=1S/C29H37N7O/c1-18(35(2)3)20-11-13-24-21(15-20)9-10-22-16-23(27(37)36(4)5)12-14-25(22)29(24,28-31-33-34-32-28)17-26(30)19-7-6-8-19/h11-16,19,26H,1,6-10,17,30H2,2-5H3,(H,31,32,33,34)/t26-,29?/m1/s1. The molecule has 1 saturated carbocycles. The Balaban J connectivity index is 1.75. The maximum absolute atomic E-state index is 12.9. The smallest absolute Gasteiger partial charge is 0.253 e.